The Hall–Kier alpha value is -1.10. The highest BCUT2D eigenvalue weighted by Gasteiger charge is 2.09. The summed E-state index contributed by atoms with van der Waals surface area (Å²) in [7, 11) is 0. The molecule has 0 aromatic heterocycles. The van der Waals surface area contributed by atoms with Crippen molar-refractivity contribution < 1.29 is 14.3 Å². The number of hydrogen-bond donors (Lipinski definition) is 2. The normalized spacial score (nSPS) is 11.9. The van der Waals surface area contributed by atoms with Crippen LogP contribution >= 0.6 is 0 Å². The van der Waals surface area contributed by atoms with Crippen LogP contribution in [-0.4, -0.2) is 31.1 Å². The first-order valence-corrected chi connectivity index (χ1v) is 4.24. The molecule has 0 fully saturated rings. The fourth-order valence-electron chi connectivity index (χ4n) is 0.680. The average Bonchev–Trinajstić information content (AvgIpc) is 2.01. The Balaban J connectivity index is 3.56. The van der Waals surface area contributed by atoms with Crippen molar-refractivity contribution >= 4 is 11.9 Å². The van der Waals surface area contributed by atoms with Gasteiger partial charge in [-0.05, 0) is 13.8 Å². The molecule has 0 aliphatic rings. The minimum atomic E-state index is -0.510. The predicted molar refractivity (Wildman–Crippen MR) is 47.9 cm³/mol. The number of amides is 1. The van der Waals surface area contributed by atoms with Gasteiger partial charge in [0.1, 0.15) is 6.42 Å². The molecule has 1 atom stereocenters. The molecule has 5 heteroatoms. The molecular formula is C8H16N2O3. The monoisotopic (exact) mass is 188 g/mol. The highest BCUT2D eigenvalue weighted by molar-refractivity contribution is 5.94. The lowest BCUT2D eigenvalue weighted by Gasteiger charge is -2.06. The third-order valence-electron chi connectivity index (χ3n) is 1.23. The summed E-state index contributed by atoms with van der Waals surface area (Å²) in [5.41, 5.74) is 5.40. The van der Waals surface area contributed by atoms with Crippen LogP contribution in [0.4, 0.5) is 0 Å². The molecule has 0 radical (unpaired) electrons. The van der Waals surface area contributed by atoms with Gasteiger partial charge in [-0.25, -0.2) is 0 Å². The van der Waals surface area contributed by atoms with E-state index in [4.69, 9.17) is 5.73 Å². The predicted octanol–water partition coefficient (Wildman–Crippen LogP) is -0.597. The van der Waals surface area contributed by atoms with E-state index in [1.165, 1.54) is 0 Å². The summed E-state index contributed by atoms with van der Waals surface area (Å²) in [6.45, 7) is 4.13. The zero-order valence-electron chi connectivity index (χ0n) is 8.00. The molecule has 0 aromatic carbocycles. The van der Waals surface area contributed by atoms with Crippen LogP contribution in [0.3, 0.4) is 0 Å². The van der Waals surface area contributed by atoms with Gasteiger partial charge < -0.3 is 15.8 Å². The maximum atomic E-state index is 11.0. The fraction of sp³-hybridized carbons (Fsp3) is 0.750. The van der Waals surface area contributed by atoms with E-state index in [-0.39, 0.29) is 18.4 Å². The van der Waals surface area contributed by atoms with E-state index in [1.807, 2.05) is 0 Å². The van der Waals surface area contributed by atoms with E-state index in [2.05, 4.69) is 10.1 Å². The standard InChI is InChI=1S/C8H16N2O3/c1-3-13-8(12)4-7(11)10-5-6(2)9/h6H,3-5,9H2,1-2H3,(H,10,11)/t6-/m0/s1. The zero-order valence-corrected chi connectivity index (χ0v) is 8.00. The van der Waals surface area contributed by atoms with Crippen molar-refractivity contribution in [1.29, 1.82) is 0 Å². The summed E-state index contributed by atoms with van der Waals surface area (Å²) in [5, 5.41) is 2.51. The van der Waals surface area contributed by atoms with Crippen LogP contribution in [0.25, 0.3) is 0 Å². The van der Waals surface area contributed by atoms with Gasteiger partial charge >= 0.3 is 5.97 Å². The molecule has 0 aliphatic carbocycles. The molecule has 0 saturated carbocycles. The molecule has 0 bridgehead atoms. The highest BCUT2D eigenvalue weighted by atomic mass is 16.5. The Morgan fingerprint density at radius 3 is 2.62 bits per heavy atom. The molecule has 13 heavy (non-hydrogen) atoms. The van der Waals surface area contributed by atoms with Crippen LogP contribution < -0.4 is 11.1 Å². The number of nitrogens with two attached hydrogens (primary N) is 1. The molecule has 5 nitrogen and oxygen atoms in total. The van der Waals surface area contributed by atoms with Crippen molar-refractivity contribution in [2.24, 2.45) is 5.73 Å². The molecule has 0 unspecified atom stereocenters. The fourth-order valence-corrected chi connectivity index (χ4v) is 0.680. The van der Waals surface area contributed by atoms with Gasteiger partial charge in [-0.15, -0.1) is 0 Å². The van der Waals surface area contributed by atoms with Crippen LogP contribution in [0.1, 0.15) is 20.3 Å². The quantitative estimate of drug-likeness (QED) is 0.446. The number of carbonyl (C=O) groups is 2. The van der Waals surface area contributed by atoms with Gasteiger partial charge in [-0.3, -0.25) is 9.59 Å². The SMILES string of the molecule is CCOC(=O)CC(=O)NC[C@H](C)N. The van der Waals surface area contributed by atoms with Crippen molar-refractivity contribution in [2.45, 2.75) is 26.3 Å². The van der Waals surface area contributed by atoms with Crippen molar-refractivity contribution in [1.82, 2.24) is 5.32 Å². The second kappa shape index (κ2) is 6.42. The Kier molecular flexibility index (Phi) is 5.88. The van der Waals surface area contributed by atoms with E-state index in [1.54, 1.807) is 13.8 Å². The maximum Gasteiger partial charge on any atom is 0.315 e. The molecule has 0 aromatic rings. The van der Waals surface area contributed by atoms with Gasteiger partial charge in [0.05, 0.1) is 6.61 Å². The van der Waals surface area contributed by atoms with Crippen LogP contribution in [0.2, 0.25) is 0 Å². The molecule has 0 saturated heterocycles. The lowest BCUT2D eigenvalue weighted by atomic mass is 10.3. The minimum Gasteiger partial charge on any atom is -0.466 e. The van der Waals surface area contributed by atoms with Crippen LogP contribution in [0.5, 0.6) is 0 Å². The number of esters is 1. The lowest BCUT2D eigenvalue weighted by molar-refractivity contribution is -0.145. The van der Waals surface area contributed by atoms with Crippen molar-refractivity contribution in [3.05, 3.63) is 0 Å². The number of carbonyl (C=O) groups excluding carboxylic acids is 2. The van der Waals surface area contributed by atoms with Gasteiger partial charge in [0.25, 0.3) is 0 Å². The summed E-state index contributed by atoms with van der Waals surface area (Å²) in [6, 6.07) is -0.105. The molecule has 3 N–H and O–H groups in total. The van der Waals surface area contributed by atoms with E-state index in [0.717, 1.165) is 0 Å². The second-order valence-corrected chi connectivity index (χ2v) is 2.76. The summed E-state index contributed by atoms with van der Waals surface area (Å²) in [4.78, 5) is 21.7. The molecular weight excluding hydrogens is 172 g/mol. The van der Waals surface area contributed by atoms with Gasteiger partial charge in [0.15, 0.2) is 0 Å². The number of hydrogen-bond acceptors (Lipinski definition) is 4. The Labute approximate surface area is 77.6 Å². The molecule has 1 amide bonds. The first-order valence-electron chi connectivity index (χ1n) is 4.24. The Morgan fingerprint density at radius 2 is 2.15 bits per heavy atom. The van der Waals surface area contributed by atoms with Crippen LogP contribution in [-0.2, 0) is 14.3 Å². The minimum absolute atomic E-state index is 0.105. The number of nitrogens with one attached hydrogen (secondary N) is 1. The lowest BCUT2D eigenvalue weighted by Crippen LogP contribution is -2.36. The number of rotatable bonds is 5. The largest absolute Gasteiger partial charge is 0.466 e. The van der Waals surface area contributed by atoms with E-state index in [9.17, 15) is 9.59 Å². The second-order valence-electron chi connectivity index (χ2n) is 2.76. The molecule has 76 valence electrons. The van der Waals surface area contributed by atoms with Gasteiger partial charge in [-0.1, -0.05) is 0 Å². The van der Waals surface area contributed by atoms with Crippen molar-refractivity contribution in [3.63, 3.8) is 0 Å². The van der Waals surface area contributed by atoms with E-state index >= 15 is 0 Å². The first kappa shape index (κ1) is 11.9. The molecule has 0 rings (SSSR count). The smallest absolute Gasteiger partial charge is 0.315 e. The highest BCUT2D eigenvalue weighted by Crippen LogP contribution is 1.86. The van der Waals surface area contributed by atoms with Crippen LogP contribution in [0.15, 0.2) is 0 Å². The zero-order chi connectivity index (χ0) is 10.3. The molecule has 0 aliphatic heterocycles. The van der Waals surface area contributed by atoms with E-state index < -0.39 is 5.97 Å². The van der Waals surface area contributed by atoms with Gasteiger partial charge in [0.2, 0.25) is 5.91 Å². The van der Waals surface area contributed by atoms with Crippen molar-refractivity contribution in [2.75, 3.05) is 13.2 Å². The number of ether oxygens (including phenoxy) is 1. The third-order valence-corrected chi connectivity index (χ3v) is 1.23. The maximum absolute atomic E-state index is 11.0. The van der Waals surface area contributed by atoms with Gasteiger partial charge in [-0.2, -0.15) is 0 Å². The molecule has 0 heterocycles. The summed E-state index contributed by atoms with van der Waals surface area (Å²) in [5.74, 6) is -0.861. The Bertz CT molecular complexity index is 180. The van der Waals surface area contributed by atoms with Crippen LogP contribution in [0, 0.1) is 0 Å². The van der Waals surface area contributed by atoms with Crippen molar-refractivity contribution in [3.8, 4) is 0 Å². The van der Waals surface area contributed by atoms with E-state index in [0.29, 0.717) is 13.2 Å². The first-order chi connectivity index (χ1) is 6.06. The third kappa shape index (κ3) is 7.27. The van der Waals surface area contributed by atoms with Gasteiger partial charge in [0, 0.05) is 12.6 Å². The molecule has 0 spiro atoms. The topological polar surface area (TPSA) is 81.4 Å². The summed E-state index contributed by atoms with van der Waals surface area (Å²) < 4.78 is 4.59. The average molecular weight is 188 g/mol. The Morgan fingerprint density at radius 1 is 1.54 bits per heavy atom. The summed E-state index contributed by atoms with van der Waals surface area (Å²) in [6.07, 6.45) is -0.236. The summed E-state index contributed by atoms with van der Waals surface area (Å²) >= 11 is 0.